The van der Waals surface area contributed by atoms with Crippen molar-refractivity contribution in [2.45, 2.75) is 38.4 Å². The molecule has 1 heterocycles. The third-order valence-electron chi connectivity index (χ3n) is 5.44. The Kier molecular flexibility index (Phi) is 7.05. The normalized spacial score (nSPS) is 17.0. The van der Waals surface area contributed by atoms with E-state index in [1.807, 2.05) is 24.3 Å². The molecule has 2 aromatic rings. The second-order valence-electron chi connectivity index (χ2n) is 7.28. The molecule has 0 amide bonds. The van der Waals surface area contributed by atoms with Gasteiger partial charge in [0.15, 0.2) is 5.96 Å². The molecule has 2 aromatic carbocycles. The fourth-order valence-corrected chi connectivity index (χ4v) is 3.70. The summed E-state index contributed by atoms with van der Waals surface area (Å²) in [5.41, 5.74) is 3.14. The highest BCUT2D eigenvalue weighted by Crippen LogP contribution is 2.23. The zero-order valence-corrected chi connectivity index (χ0v) is 16.7. The number of aliphatic imine (C=N–C) groups is 1. The third kappa shape index (κ3) is 5.34. The molecule has 0 bridgehead atoms. The zero-order chi connectivity index (χ0) is 19.8. The quantitative estimate of drug-likeness (QED) is 0.621. The number of hydrogen-bond acceptors (Lipinski definition) is 3. The number of nitrogens with one attached hydrogen (secondary N) is 2. The highest BCUT2D eigenvalue weighted by Gasteiger charge is 2.23. The lowest BCUT2D eigenvalue weighted by Crippen LogP contribution is -2.48. The van der Waals surface area contributed by atoms with Crippen LogP contribution in [0.2, 0.25) is 0 Å². The largest absolute Gasteiger partial charge is 0.354 e. The first kappa shape index (κ1) is 19.9. The van der Waals surface area contributed by atoms with Crippen molar-refractivity contribution in [3.8, 4) is 6.07 Å². The van der Waals surface area contributed by atoms with Gasteiger partial charge in [0.1, 0.15) is 0 Å². The molecule has 3 rings (SSSR count). The molecule has 1 saturated heterocycles. The van der Waals surface area contributed by atoms with E-state index in [9.17, 15) is 0 Å². The summed E-state index contributed by atoms with van der Waals surface area (Å²) >= 11 is 0. The molecule has 1 aliphatic rings. The number of guanidine groups is 1. The Morgan fingerprint density at radius 2 is 1.93 bits per heavy atom. The third-order valence-corrected chi connectivity index (χ3v) is 5.44. The van der Waals surface area contributed by atoms with E-state index in [1.165, 1.54) is 5.56 Å². The van der Waals surface area contributed by atoms with Gasteiger partial charge in [0, 0.05) is 38.8 Å². The molecule has 5 heteroatoms. The standard InChI is InChI=1S/C23H29N5/c1-18(21-9-4-3-5-10-21)28-13-11-22(12-14-28)27-23(25-2)26-17-20-8-6-7-19(15-20)16-24/h3-10,15,18,22H,11-14,17H2,1-2H3,(H2,25,26,27). The average molecular weight is 376 g/mol. The van der Waals surface area contributed by atoms with Gasteiger partial charge >= 0.3 is 0 Å². The SMILES string of the molecule is CN=C(NCc1cccc(C#N)c1)NC1CCN(C(C)c2ccccc2)CC1. The number of benzene rings is 2. The maximum absolute atomic E-state index is 9.02. The second-order valence-corrected chi connectivity index (χ2v) is 7.28. The molecular weight excluding hydrogens is 346 g/mol. The molecule has 0 saturated carbocycles. The summed E-state index contributed by atoms with van der Waals surface area (Å²) in [7, 11) is 1.80. The van der Waals surface area contributed by atoms with E-state index >= 15 is 0 Å². The van der Waals surface area contributed by atoms with Crippen molar-refractivity contribution in [1.29, 1.82) is 5.26 Å². The lowest BCUT2D eigenvalue weighted by atomic mass is 10.0. The van der Waals surface area contributed by atoms with Gasteiger partial charge in [-0.3, -0.25) is 9.89 Å². The highest BCUT2D eigenvalue weighted by atomic mass is 15.2. The molecule has 0 aromatic heterocycles. The molecule has 0 radical (unpaired) electrons. The van der Waals surface area contributed by atoms with Gasteiger partial charge in [0.05, 0.1) is 11.6 Å². The summed E-state index contributed by atoms with van der Waals surface area (Å²) in [5.74, 6) is 0.817. The zero-order valence-electron chi connectivity index (χ0n) is 16.7. The van der Waals surface area contributed by atoms with Crippen molar-refractivity contribution in [3.05, 3.63) is 71.3 Å². The Morgan fingerprint density at radius 1 is 1.18 bits per heavy atom. The smallest absolute Gasteiger partial charge is 0.191 e. The van der Waals surface area contributed by atoms with Crippen molar-refractivity contribution in [1.82, 2.24) is 15.5 Å². The molecule has 1 atom stereocenters. The van der Waals surface area contributed by atoms with E-state index < -0.39 is 0 Å². The van der Waals surface area contributed by atoms with Crippen LogP contribution < -0.4 is 10.6 Å². The van der Waals surface area contributed by atoms with E-state index in [0.717, 1.165) is 37.5 Å². The van der Waals surface area contributed by atoms with Gasteiger partial charge in [-0.15, -0.1) is 0 Å². The van der Waals surface area contributed by atoms with Crippen LogP contribution in [0.1, 0.15) is 42.5 Å². The van der Waals surface area contributed by atoms with Gasteiger partial charge in [-0.05, 0) is 43.0 Å². The first-order valence-corrected chi connectivity index (χ1v) is 9.95. The summed E-state index contributed by atoms with van der Waals surface area (Å²) in [6.45, 7) is 5.10. The summed E-state index contributed by atoms with van der Waals surface area (Å²) in [6.07, 6.45) is 2.20. The maximum atomic E-state index is 9.02. The Hall–Kier alpha value is -2.84. The molecule has 1 fully saturated rings. The minimum Gasteiger partial charge on any atom is -0.354 e. The van der Waals surface area contributed by atoms with Crippen LogP contribution in [0.25, 0.3) is 0 Å². The van der Waals surface area contributed by atoms with Crippen molar-refractivity contribution in [2.24, 2.45) is 4.99 Å². The molecular formula is C23H29N5. The molecule has 1 aliphatic heterocycles. The minimum atomic E-state index is 0.427. The van der Waals surface area contributed by atoms with Crippen LogP contribution in [0.15, 0.2) is 59.6 Å². The Labute approximate surface area is 168 Å². The predicted molar refractivity (Wildman–Crippen MR) is 114 cm³/mol. The predicted octanol–water partition coefficient (Wildman–Crippen LogP) is 3.45. The maximum Gasteiger partial charge on any atom is 0.191 e. The van der Waals surface area contributed by atoms with E-state index in [4.69, 9.17) is 5.26 Å². The van der Waals surface area contributed by atoms with Crippen molar-refractivity contribution in [2.75, 3.05) is 20.1 Å². The first-order valence-electron chi connectivity index (χ1n) is 9.95. The second kappa shape index (κ2) is 9.91. The number of nitrogens with zero attached hydrogens (tertiary/aromatic N) is 3. The van der Waals surface area contributed by atoms with E-state index in [0.29, 0.717) is 24.2 Å². The van der Waals surface area contributed by atoms with Crippen LogP contribution in [0.3, 0.4) is 0 Å². The van der Waals surface area contributed by atoms with Crippen LogP contribution in [-0.4, -0.2) is 37.0 Å². The number of likely N-dealkylation sites (tertiary alicyclic amines) is 1. The summed E-state index contributed by atoms with van der Waals surface area (Å²) < 4.78 is 0. The fraction of sp³-hybridized carbons (Fsp3) is 0.391. The summed E-state index contributed by atoms with van der Waals surface area (Å²) in [6, 6.07) is 21.4. The van der Waals surface area contributed by atoms with Crippen molar-refractivity contribution >= 4 is 5.96 Å². The number of rotatable bonds is 5. The molecule has 0 aliphatic carbocycles. The van der Waals surface area contributed by atoms with Gasteiger partial charge in [0.25, 0.3) is 0 Å². The van der Waals surface area contributed by atoms with E-state index in [2.05, 4.69) is 63.9 Å². The van der Waals surface area contributed by atoms with Gasteiger partial charge in [-0.25, -0.2) is 0 Å². The molecule has 146 valence electrons. The van der Waals surface area contributed by atoms with Crippen LogP contribution in [0, 0.1) is 11.3 Å². The van der Waals surface area contributed by atoms with Crippen molar-refractivity contribution in [3.63, 3.8) is 0 Å². The Balaban J connectivity index is 1.47. The Morgan fingerprint density at radius 3 is 2.61 bits per heavy atom. The van der Waals surface area contributed by atoms with Gasteiger partial charge < -0.3 is 10.6 Å². The van der Waals surface area contributed by atoms with Crippen LogP contribution in [0.5, 0.6) is 0 Å². The fourth-order valence-electron chi connectivity index (χ4n) is 3.70. The Bertz CT molecular complexity index is 816. The van der Waals surface area contributed by atoms with Crippen LogP contribution in [0.4, 0.5) is 0 Å². The van der Waals surface area contributed by atoms with Crippen molar-refractivity contribution < 1.29 is 0 Å². The van der Waals surface area contributed by atoms with E-state index in [-0.39, 0.29) is 0 Å². The van der Waals surface area contributed by atoms with Crippen LogP contribution >= 0.6 is 0 Å². The van der Waals surface area contributed by atoms with E-state index in [1.54, 1.807) is 7.05 Å². The molecule has 28 heavy (non-hydrogen) atoms. The monoisotopic (exact) mass is 375 g/mol. The molecule has 2 N–H and O–H groups in total. The van der Waals surface area contributed by atoms with Gasteiger partial charge in [0.2, 0.25) is 0 Å². The minimum absolute atomic E-state index is 0.427. The first-order chi connectivity index (χ1) is 13.7. The molecule has 5 nitrogen and oxygen atoms in total. The number of hydrogen-bond donors (Lipinski definition) is 2. The average Bonchev–Trinajstić information content (AvgIpc) is 2.77. The number of piperidine rings is 1. The molecule has 0 spiro atoms. The summed E-state index contributed by atoms with van der Waals surface area (Å²) in [4.78, 5) is 6.91. The van der Waals surface area contributed by atoms with Gasteiger partial charge in [-0.1, -0.05) is 42.5 Å². The highest BCUT2D eigenvalue weighted by molar-refractivity contribution is 5.79. The number of nitriles is 1. The lowest BCUT2D eigenvalue weighted by molar-refractivity contribution is 0.158. The summed E-state index contributed by atoms with van der Waals surface area (Å²) in [5, 5.41) is 15.9. The topological polar surface area (TPSA) is 63.5 Å². The van der Waals surface area contributed by atoms with Crippen LogP contribution in [-0.2, 0) is 6.54 Å². The lowest BCUT2D eigenvalue weighted by Gasteiger charge is -2.37. The molecule has 1 unspecified atom stereocenters. The van der Waals surface area contributed by atoms with Gasteiger partial charge in [-0.2, -0.15) is 5.26 Å².